The molecule has 2 N–H and O–H groups in total. The van der Waals surface area contributed by atoms with Crippen LogP contribution in [0.1, 0.15) is 71.4 Å². The predicted octanol–water partition coefficient (Wildman–Crippen LogP) is 3.06. The van der Waals surface area contributed by atoms with Crippen molar-refractivity contribution in [1.29, 1.82) is 0 Å². The number of nitrogens with zero attached hydrogens (tertiary/aromatic N) is 2. The van der Waals surface area contributed by atoms with Gasteiger partial charge in [-0.2, -0.15) is 5.10 Å². The van der Waals surface area contributed by atoms with Crippen molar-refractivity contribution < 1.29 is 4.79 Å². The maximum Gasteiger partial charge on any atom is 0.222 e. The topological polar surface area (TPSA) is 61.0 Å². The minimum Gasteiger partial charge on any atom is -0.342 e. The van der Waals surface area contributed by atoms with Crippen LogP contribution in [0.4, 0.5) is 0 Å². The summed E-state index contributed by atoms with van der Waals surface area (Å²) in [5.74, 6) is 1.21. The second-order valence-electron chi connectivity index (χ2n) is 9.06. The molecule has 1 aromatic rings. The molecule has 2 aliphatic heterocycles. The van der Waals surface area contributed by atoms with Crippen molar-refractivity contribution >= 4 is 5.91 Å². The highest BCUT2D eigenvalue weighted by atomic mass is 16.2. The number of carbonyl (C=O) groups excluding carboxylic acids is 1. The van der Waals surface area contributed by atoms with Gasteiger partial charge in [-0.3, -0.25) is 9.89 Å². The van der Waals surface area contributed by atoms with Crippen LogP contribution in [-0.2, 0) is 4.79 Å². The number of piperidine rings is 2. The molecule has 2 fully saturated rings. The molecule has 3 rings (SSSR count). The summed E-state index contributed by atoms with van der Waals surface area (Å²) in [6, 6.07) is 2.04. The van der Waals surface area contributed by atoms with Crippen molar-refractivity contribution in [2.75, 3.05) is 13.1 Å². The molecule has 0 saturated carbocycles. The maximum atomic E-state index is 12.9. The van der Waals surface area contributed by atoms with Crippen LogP contribution >= 0.6 is 0 Å². The first-order chi connectivity index (χ1) is 11.2. The van der Waals surface area contributed by atoms with Gasteiger partial charge in [0.05, 0.1) is 0 Å². The molecule has 0 unspecified atom stereocenters. The Morgan fingerprint density at radius 3 is 2.62 bits per heavy atom. The number of aromatic nitrogens is 2. The van der Waals surface area contributed by atoms with Crippen LogP contribution in [0.25, 0.3) is 0 Å². The third kappa shape index (κ3) is 4.18. The molecule has 5 nitrogen and oxygen atoms in total. The lowest BCUT2D eigenvalue weighted by Crippen LogP contribution is -2.58. The van der Waals surface area contributed by atoms with Gasteiger partial charge in [-0.1, -0.05) is 0 Å². The summed E-state index contributed by atoms with van der Waals surface area (Å²) in [6.45, 7) is 10.7. The molecule has 0 bridgehead atoms. The van der Waals surface area contributed by atoms with E-state index in [0.717, 1.165) is 44.5 Å². The van der Waals surface area contributed by atoms with E-state index in [4.69, 9.17) is 0 Å². The number of hydrogen-bond donors (Lipinski definition) is 2. The largest absolute Gasteiger partial charge is 0.342 e. The predicted molar refractivity (Wildman–Crippen MR) is 95.8 cm³/mol. The quantitative estimate of drug-likeness (QED) is 0.894. The lowest BCUT2D eigenvalue weighted by molar-refractivity contribution is -0.134. The zero-order chi connectivity index (χ0) is 17.4. The van der Waals surface area contributed by atoms with Crippen LogP contribution in [-0.4, -0.2) is 45.2 Å². The Morgan fingerprint density at radius 2 is 2.00 bits per heavy atom. The van der Waals surface area contributed by atoms with E-state index in [0.29, 0.717) is 24.2 Å². The SMILES string of the molecule is CC1(C)CC(CC(=O)N2CCC[C@@H](c3ccn[nH]3)C2)CC(C)(C)N1. The molecule has 2 aliphatic rings. The highest BCUT2D eigenvalue weighted by Crippen LogP contribution is 2.35. The molecule has 3 heterocycles. The molecule has 1 atom stereocenters. The van der Waals surface area contributed by atoms with Gasteiger partial charge in [0.1, 0.15) is 0 Å². The summed E-state index contributed by atoms with van der Waals surface area (Å²) in [4.78, 5) is 15.0. The molecular formula is C19H32N4O. The Morgan fingerprint density at radius 1 is 1.29 bits per heavy atom. The standard InChI is InChI=1S/C19H32N4O/c1-18(2)11-14(12-19(3,4)22-18)10-17(24)23-9-5-6-15(13-23)16-7-8-20-21-16/h7-8,14-15,22H,5-6,9-13H2,1-4H3,(H,20,21)/t15-/m1/s1. The van der Waals surface area contributed by atoms with Gasteiger partial charge < -0.3 is 10.2 Å². The van der Waals surface area contributed by atoms with Crippen LogP contribution in [0.3, 0.4) is 0 Å². The highest BCUT2D eigenvalue weighted by Gasteiger charge is 2.39. The molecular weight excluding hydrogens is 300 g/mol. The summed E-state index contributed by atoms with van der Waals surface area (Å²) in [5.41, 5.74) is 1.37. The van der Waals surface area contributed by atoms with Crippen LogP contribution in [0.2, 0.25) is 0 Å². The molecule has 24 heavy (non-hydrogen) atoms. The molecule has 5 heteroatoms. The third-order valence-electron chi connectivity index (χ3n) is 5.47. The molecule has 0 spiro atoms. The van der Waals surface area contributed by atoms with E-state index in [1.807, 2.05) is 6.07 Å². The minimum absolute atomic E-state index is 0.104. The van der Waals surface area contributed by atoms with E-state index in [1.165, 1.54) is 0 Å². The number of H-pyrrole nitrogens is 1. The van der Waals surface area contributed by atoms with Gasteiger partial charge in [0.15, 0.2) is 0 Å². The van der Waals surface area contributed by atoms with E-state index in [9.17, 15) is 4.79 Å². The number of nitrogens with one attached hydrogen (secondary N) is 2. The maximum absolute atomic E-state index is 12.9. The summed E-state index contributed by atoms with van der Waals surface area (Å²) < 4.78 is 0. The van der Waals surface area contributed by atoms with E-state index in [1.54, 1.807) is 6.20 Å². The van der Waals surface area contributed by atoms with E-state index in [2.05, 4.69) is 48.1 Å². The average Bonchev–Trinajstić information content (AvgIpc) is 2.98. The van der Waals surface area contributed by atoms with Crippen LogP contribution in [0.15, 0.2) is 12.3 Å². The van der Waals surface area contributed by atoms with E-state index in [-0.39, 0.29) is 11.1 Å². The fourth-order valence-corrected chi connectivity index (χ4v) is 5.01. The first-order valence-electron chi connectivity index (χ1n) is 9.30. The number of aromatic amines is 1. The molecule has 0 radical (unpaired) electrons. The van der Waals surface area contributed by atoms with Crippen LogP contribution in [0, 0.1) is 5.92 Å². The Kier molecular flexibility index (Phi) is 4.73. The zero-order valence-electron chi connectivity index (χ0n) is 15.6. The second kappa shape index (κ2) is 6.51. The van der Waals surface area contributed by atoms with Crippen molar-refractivity contribution in [2.45, 2.75) is 76.8 Å². The molecule has 134 valence electrons. The minimum atomic E-state index is 0.104. The van der Waals surface area contributed by atoms with Crippen molar-refractivity contribution in [2.24, 2.45) is 5.92 Å². The van der Waals surface area contributed by atoms with Gasteiger partial charge >= 0.3 is 0 Å². The van der Waals surface area contributed by atoms with Gasteiger partial charge in [-0.25, -0.2) is 0 Å². The summed E-state index contributed by atoms with van der Waals surface area (Å²) in [5, 5.41) is 10.8. The monoisotopic (exact) mass is 332 g/mol. The number of amides is 1. The molecule has 2 saturated heterocycles. The second-order valence-corrected chi connectivity index (χ2v) is 9.06. The smallest absolute Gasteiger partial charge is 0.222 e. The lowest BCUT2D eigenvalue weighted by atomic mass is 9.74. The van der Waals surface area contributed by atoms with Gasteiger partial charge in [-0.05, 0) is 65.4 Å². The Labute approximate surface area is 145 Å². The third-order valence-corrected chi connectivity index (χ3v) is 5.47. The van der Waals surface area contributed by atoms with Crippen molar-refractivity contribution in [3.8, 4) is 0 Å². The van der Waals surface area contributed by atoms with E-state index >= 15 is 0 Å². The van der Waals surface area contributed by atoms with E-state index < -0.39 is 0 Å². The molecule has 1 aromatic heterocycles. The Bertz CT molecular complexity index is 548. The van der Waals surface area contributed by atoms with Gasteiger partial charge in [0, 0.05) is 48.4 Å². The Balaban J connectivity index is 1.60. The number of hydrogen-bond acceptors (Lipinski definition) is 3. The van der Waals surface area contributed by atoms with Gasteiger partial charge in [0.25, 0.3) is 0 Å². The highest BCUT2D eigenvalue weighted by molar-refractivity contribution is 5.76. The fourth-order valence-electron chi connectivity index (χ4n) is 5.01. The van der Waals surface area contributed by atoms with Gasteiger partial charge in [0.2, 0.25) is 5.91 Å². The summed E-state index contributed by atoms with van der Waals surface area (Å²) >= 11 is 0. The van der Waals surface area contributed by atoms with Crippen molar-refractivity contribution in [3.05, 3.63) is 18.0 Å². The van der Waals surface area contributed by atoms with Crippen molar-refractivity contribution in [3.63, 3.8) is 0 Å². The zero-order valence-corrected chi connectivity index (χ0v) is 15.6. The Hall–Kier alpha value is -1.36. The average molecular weight is 332 g/mol. The number of rotatable bonds is 3. The summed E-state index contributed by atoms with van der Waals surface area (Å²) in [6.07, 6.45) is 6.84. The fraction of sp³-hybridized carbons (Fsp3) is 0.789. The van der Waals surface area contributed by atoms with Crippen molar-refractivity contribution in [1.82, 2.24) is 20.4 Å². The lowest BCUT2D eigenvalue weighted by Gasteiger charge is -2.47. The first-order valence-corrected chi connectivity index (χ1v) is 9.30. The number of carbonyl (C=O) groups is 1. The summed E-state index contributed by atoms with van der Waals surface area (Å²) in [7, 11) is 0. The van der Waals surface area contributed by atoms with Crippen LogP contribution in [0.5, 0.6) is 0 Å². The molecule has 0 aromatic carbocycles. The van der Waals surface area contributed by atoms with Crippen LogP contribution < -0.4 is 5.32 Å². The molecule has 1 amide bonds. The molecule has 0 aliphatic carbocycles. The normalized spacial score (nSPS) is 27.2. The first kappa shape index (κ1) is 17.5. The van der Waals surface area contributed by atoms with Gasteiger partial charge in [-0.15, -0.1) is 0 Å². The number of likely N-dealkylation sites (tertiary alicyclic amines) is 1.